The average Bonchev–Trinajstić information content (AvgIpc) is 3.21. The van der Waals surface area contributed by atoms with Crippen LogP contribution in [0.15, 0.2) is 11.1 Å². The van der Waals surface area contributed by atoms with Crippen molar-refractivity contribution in [3.05, 3.63) is 11.1 Å². The minimum absolute atomic E-state index is 0.00698. The molecule has 2 heterocycles. The molecule has 0 aromatic heterocycles. The Morgan fingerprint density at radius 2 is 1.63 bits per heavy atom. The van der Waals surface area contributed by atoms with Crippen LogP contribution < -0.4 is 0 Å². The van der Waals surface area contributed by atoms with E-state index in [1.54, 1.807) is 6.92 Å². The third-order valence-corrected chi connectivity index (χ3v) is 17.2. The Hall–Kier alpha value is -1.09. The molecule has 2 aliphatic heterocycles. The number of carbonyl (C=O) groups is 2. The molecule has 2 N–H and O–H groups in total. The van der Waals surface area contributed by atoms with Gasteiger partial charge in [0.15, 0.2) is 34.1 Å². The lowest BCUT2D eigenvalue weighted by Gasteiger charge is -2.66. The van der Waals surface area contributed by atoms with E-state index in [1.807, 2.05) is 20.8 Å². The molecule has 9 atom stereocenters. The molecule has 232 valence electrons. The highest BCUT2D eigenvalue weighted by molar-refractivity contribution is 6.73. The van der Waals surface area contributed by atoms with E-state index in [2.05, 4.69) is 40.4 Å². The standard InChI is InChI=1S/C30H50O9Si2/c1-11-41(12-2,13-3)39-19-14-20-29(34,16-35-20)23-25-30(37-26(33)36-25)15-18(38-40(8,9)10)17(4)21(27(30,5)6)22(31)24(32)28(19,23)7/h18-20,22-23,25,31,34H,11-16H2,1-10H3/t18-,19-,20+,22+,23-,25-,28+,29-,30+/m0/s1. The average molecular weight is 611 g/mol. The van der Waals surface area contributed by atoms with Crippen LogP contribution in [0.4, 0.5) is 4.79 Å². The second-order valence-electron chi connectivity index (χ2n) is 14.8. The Balaban J connectivity index is 1.78. The highest BCUT2D eigenvalue weighted by Gasteiger charge is 2.79. The maximum atomic E-state index is 14.9. The highest BCUT2D eigenvalue weighted by atomic mass is 28.4. The van der Waals surface area contributed by atoms with Gasteiger partial charge in [-0.2, -0.15) is 0 Å². The summed E-state index contributed by atoms with van der Waals surface area (Å²) in [5.74, 6) is -1.32. The molecule has 3 aliphatic carbocycles. The van der Waals surface area contributed by atoms with Crippen molar-refractivity contribution in [3.63, 3.8) is 0 Å². The smallest absolute Gasteiger partial charge is 0.426 e. The van der Waals surface area contributed by atoms with Crippen LogP contribution in [0.2, 0.25) is 37.8 Å². The maximum absolute atomic E-state index is 14.9. The number of Topliss-reactive ketones (excluding diaryl/α,β-unsaturated/α-hetero) is 1. The molecule has 0 radical (unpaired) electrons. The van der Waals surface area contributed by atoms with E-state index in [0.29, 0.717) is 18.4 Å². The summed E-state index contributed by atoms with van der Waals surface area (Å²) in [6.45, 7) is 20.2. The number of aliphatic hydroxyl groups excluding tert-OH is 1. The van der Waals surface area contributed by atoms with E-state index in [9.17, 15) is 19.8 Å². The summed E-state index contributed by atoms with van der Waals surface area (Å²) >= 11 is 0. The van der Waals surface area contributed by atoms with Gasteiger partial charge in [0, 0.05) is 24.2 Å². The van der Waals surface area contributed by atoms with Gasteiger partial charge in [-0.05, 0) is 62.8 Å². The van der Waals surface area contributed by atoms with Crippen molar-refractivity contribution in [1.29, 1.82) is 0 Å². The summed E-state index contributed by atoms with van der Waals surface area (Å²) < 4.78 is 32.0. The summed E-state index contributed by atoms with van der Waals surface area (Å²) in [7, 11) is -4.36. The Bertz CT molecular complexity index is 1140. The van der Waals surface area contributed by atoms with Crippen LogP contribution in [0.1, 0.15) is 61.3 Å². The molecule has 2 saturated heterocycles. The minimum Gasteiger partial charge on any atom is -0.426 e. The lowest BCUT2D eigenvalue weighted by Crippen LogP contribution is -2.80. The first kappa shape index (κ1) is 31.3. The second-order valence-corrected chi connectivity index (χ2v) is 24.0. The third-order valence-electron chi connectivity index (χ3n) is 11.6. The van der Waals surface area contributed by atoms with Crippen LogP contribution in [0, 0.1) is 16.7 Å². The molecule has 2 bridgehead atoms. The van der Waals surface area contributed by atoms with Crippen LogP contribution in [0.5, 0.6) is 0 Å². The number of rotatable bonds is 7. The molecule has 5 aliphatic rings. The lowest BCUT2D eigenvalue weighted by atomic mass is 9.45. The predicted octanol–water partition coefficient (Wildman–Crippen LogP) is 4.72. The fourth-order valence-electron chi connectivity index (χ4n) is 8.98. The van der Waals surface area contributed by atoms with Crippen molar-refractivity contribution in [2.24, 2.45) is 16.7 Å². The zero-order valence-electron chi connectivity index (χ0n) is 26.5. The van der Waals surface area contributed by atoms with Crippen LogP contribution in [0.25, 0.3) is 0 Å². The monoisotopic (exact) mass is 610 g/mol. The van der Waals surface area contributed by atoms with Crippen LogP contribution in [-0.4, -0.2) is 87.1 Å². The molecular weight excluding hydrogens is 560 g/mol. The summed E-state index contributed by atoms with van der Waals surface area (Å²) in [4.78, 5) is 28.1. The van der Waals surface area contributed by atoms with Crippen molar-refractivity contribution in [2.75, 3.05) is 6.61 Å². The number of carbonyl (C=O) groups excluding carboxylic acids is 2. The topological polar surface area (TPSA) is 121 Å². The summed E-state index contributed by atoms with van der Waals surface area (Å²) in [5, 5.41) is 24.5. The maximum Gasteiger partial charge on any atom is 0.509 e. The highest BCUT2D eigenvalue weighted by Crippen LogP contribution is 2.66. The molecule has 9 nitrogen and oxygen atoms in total. The summed E-state index contributed by atoms with van der Waals surface area (Å²) in [6.07, 6.45) is -4.36. The van der Waals surface area contributed by atoms with E-state index in [0.717, 1.165) is 23.7 Å². The van der Waals surface area contributed by atoms with Gasteiger partial charge in [-0.3, -0.25) is 4.79 Å². The fourth-order valence-corrected chi connectivity index (χ4v) is 13.0. The zero-order valence-corrected chi connectivity index (χ0v) is 28.5. The molecular formula is C30H50O9Si2. The van der Waals surface area contributed by atoms with Crippen molar-refractivity contribution in [1.82, 2.24) is 0 Å². The quantitative estimate of drug-likeness (QED) is 0.240. The predicted molar refractivity (Wildman–Crippen MR) is 157 cm³/mol. The Kier molecular flexibility index (Phi) is 7.42. The molecule has 0 aromatic rings. The van der Waals surface area contributed by atoms with Gasteiger partial charge in [-0.25, -0.2) is 4.79 Å². The largest absolute Gasteiger partial charge is 0.509 e. The molecule has 0 aromatic carbocycles. The molecule has 4 fully saturated rings. The minimum atomic E-state index is -2.25. The van der Waals surface area contributed by atoms with Crippen molar-refractivity contribution < 1.29 is 42.9 Å². The van der Waals surface area contributed by atoms with E-state index in [-0.39, 0.29) is 6.61 Å². The van der Waals surface area contributed by atoms with Crippen molar-refractivity contribution in [3.8, 4) is 0 Å². The van der Waals surface area contributed by atoms with E-state index < -0.39 is 87.0 Å². The Morgan fingerprint density at radius 3 is 2.15 bits per heavy atom. The van der Waals surface area contributed by atoms with Gasteiger partial charge in [0.05, 0.1) is 30.3 Å². The number of aliphatic hydroxyl groups is 2. The van der Waals surface area contributed by atoms with Gasteiger partial charge in [-0.1, -0.05) is 34.6 Å². The fraction of sp³-hybridized carbons (Fsp3) is 0.867. The summed E-state index contributed by atoms with van der Waals surface area (Å²) in [6, 6.07) is 2.63. The molecule has 0 unspecified atom stereocenters. The van der Waals surface area contributed by atoms with Crippen LogP contribution >= 0.6 is 0 Å². The van der Waals surface area contributed by atoms with Gasteiger partial charge in [0.25, 0.3) is 0 Å². The first-order chi connectivity index (χ1) is 18.9. The van der Waals surface area contributed by atoms with Crippen molar-refractivity contribution >= 4 is 28.6 Å². The van der Waals surface area contributed by atoms with Gasteiger partial charge >= 0.3 is 6.16 Å². The molecule has 1 spiro atoms. The van der Waals surface area contributed by atoms with Gasteiger partial charge < -0.3 is 33.3 Å². The number of hydrogen-bond acceptors (Lipinski definition) is 9. The second kappa shape index (κ2) is 9.71. The Labute approximate surface area is 246 Å². The molecule has 11 heteroatoms. The van der Waals surface area contributed by atoms with Gasteiger partial charge in [0.1, 0.15) is 11.7 Å². The molecule has 0 amide bonds. The SMILES string of the molecule is CC[Si](CC)(CC)O[C@H]1C[C@H]2OC[C@@]2(O)[C@H]2[C@@H]3OC(=O)O[C@]34C[C@H](O[Si](C)(C)C)C(C)=C([C@@H](O)C(=O)[C@]12C)C4(C)C. The Morgan fingerprint density at radius 1 is 1.02 bits per heavy atom. The molecule has 41 heavy (non-hydrogen) atoms. The van der Waals surface area contributed by atoms with Crippen molar-refractivity contribution in [2.45, 2.75) is 141 Å². The first-order valence-corrected chi connectivity index (χ1v) is 21.3. The zero-order chi connectivity index (χ0) is 30.6. The number of fused-ring (bicyclic) bond motifs is 5. The number of ether oxygens (including phenoxy) is 3. The van der Waals surface area contributed by atoms with Gasteiger partial charge in [-0.15, -0.1) is 0 Å². The van der Waals surface area contributed by atoms with E-state index in [4.69, 9.17) is 23.1 Å². The van der Waals surface area contributed by atoms with E-state index in [1.165, 1.54) is 0 Å². The number of ketones is 1. The lowest BCUT2D eigenvalue weighted by molar-refractivity contribution is -0.332. The molecule has 5 rings (SSSR count). The molecule has 2 saturated carbocycles. The normalized spacial score (nSPS) is 43.6. The van der Waals surface area contributed by atoms with Crippen LogP contribution in [0.3, 0.4) is 0 Å². The number of hydrogen-bond donors (Lipinski definition) is 2. The van der Waals surface area contributed by atoms with Crippen LogP contribution in [-0.2, 0) is 27.9 Å². The van der Waals surface area contributed by atoms with E-state index >= 15 is 0 Å². The first-order valence-electron chi connectivity index (χ1n) is 15.4. The van der Waals surface area contributed by atoms with Gasteiger partial charge in [0.2, 0.25) is 0 Å². The third kappa shape index (κ3) is 4.16. The summed E-state index contributed by atoms with van der Waals surface area (Å²) in [5.41, 5.74) is -3.79.